The van der Waals surface area contributed by atoms with Gasteiger partial charge in [-0.3, -0.25) is 4.99 Å². The first kappa shape index (κ1) is 24.3. The van der Waals surface area contributed by atoms with Crippen LogP contribution in [-0.2, 0) is 6.42 Å². The lowest BCUT2D eigenvalue weighted by Gasteiger charge is -2.18. The Kier molecular flexibility index (Phi) is 9.33. The highest BCUT2D eigenvalue weighted by Gasteiger charge is 2.14. The molecule has 0 aliphatic heterocycles. The van der Waals surface area contributed by atoms with Crippen molar-refractivity contribution < 1.29 is 19.3 Å². The Morgan fingerprint density at radius 1 is 0.909 bits per heavy atom. The molecule has 0 aliphatic carbocycles. The monoisotopic (exact) mass is 447 g/mol. The van der Waals surface area contributed by atoms with Gasteiger partial charge in [0.25, 0.3) is 0 Å². The molecular weight excluding hydrogens is 414 g/mol. The minimum absolute atomic E-state index is 0.180. The highest BCUT2D eigenvalue weighted by Crippen LogP contribution is 2.35. The summed E-state index contributed by atoms with van der Waals surface area (Å²) in [5.41, 5.74) is 4.68. The van der Waals surface area contributed by atoms with E-state index in [9.17, 15) is 5.11 Å². The Hall–Kier alpha value is -3.31. The summed E-state index contributed by atoms with van der Waals surface area (Å²) >= 11 is 0. The number of rotatable bonds is 12. The number of hydrogen-bond acceptors (Lipinski definition) is 5. The predicted molar refractivity (Wildman–Crippen MR) is 134 cm³/mol. The van der Waals surface area contributed by atoms with Crippen molar-refractivity contribution in [2.75, 3.05) is 26.9 Å². The van der Waals surface area contributed by atoms with Crippen molar-refractivity contribution in [2.45, 2.75) is 32.8 Å². The third-order valence-electron chi connectivity index (χ3n) is 5.35. The smallest absolute Gasteiger partial charge is 0.161 e. The van der Waals surface area contributed by atoms with Crippen molar-refractivity contribution in [1.82, 2.24) is 0 Å². The van der Waals surface area contributed by atoms with Crippen molar-refractivity contribution in [3.63, 3.8) is 0 Å². The first-order chi connectivity index (χ1) is 16.1. The molecule has 1 unspecified atom stereocenters. The fraction of sp³-hybridized carbons (Fsp3) is 0.321. The standard InChI is InChI=1S/C28H33NO4/c1-4-22-12-5-6-13-24(22)28-21(2)11-9-16-27(28)33-20-23(30)19-29-17-10-18-32-26-15-8-7-14-25(26)31-3/h5-9,11-17,23,30H,4,10,18-20H2,1-3H3. The normalized spacial score (nSPS) is 12.0. The van der Waals surface area contributed by atoms with Gasteiger partial charge in [0.05, 0.1) is 20.3 Å². The second kappa shape index (κ2) is 12.7. The molecule has 0 fully saturated rings. The van der Waals surface area contributed by atoms with E-state index in [-0.39, 0.29) is 13.2 Å². The number of hydrogen-bond donors (Lipinski definition) is 1. The minimum atomic E-state index is -0.689. The maximum atomic E-state index is 10.4. The van der Waals surface area contributed by atoms with Gasteiger partial charge in [-0.15, -0.1) is 0 Å². The number of nitrogens with zero attached hydrogens (tertiary/aromatic N) is 1. The topological polar surface area (TPSA) is 60.3 Å². The molecule has 174 valence electrons. The van der Waals surface area contributed by atoms with Crippen LogP contribution in [0.5, 0.6) is 17.2 Å². The average molecular weight is 448 g/mol. The molecule has 5 heteroatoms. The van der Waals surface area contributed by atoms with Crippen LogP contribution in [0.2, 0.25) is 0 Å². The summed E-state index contributed by atoms with van der Waals surface area (Å²) in [6.45, 7) is 5.18. The largest absolute Gasteiger partial charge is 0.493 e. The van der Waals surface area contributed by atoms with E-state index in [1.807, 2.05) is 42.5 Å². The van der Waals surface area contributed by atoms with Crippen LogP contribution in [0, 0.1) is 6.92 Å². The molecule has 0 saturated carbocycles. The summed E-state index contributed by atoms with van der Waals surface area (Å²) in [6, 6.07) is 21.9. The van der Waals surface area contributed by atoms with Crippen molar-refractivity contribution >= 4 is 6.21 Å². The average Bonchev–Trinajstić information content (AvgIpc) is 2.85. The number of para-hydroxylation sites is 2. The molecule has 0 saturated heterocycles. The minimum Gasteiger partial charge on any atom is -0.493 e. The number of aliphatic hydroxyl groups is 1. The van der Waals surface area contributed by atoms with Crippen LogP contribution in [0.25, 0.3) is 11.1 Å². The molecule has 5 nitrogen and oxygen atoms in total. The Morgan fingerprint density at radius 3 is 2.42 bits per heavy atom. The summed E-state index contributed by atoms with van der Waals surface area (Å²) < 4.78 is 17.0. The molecule has 1 N–H and O–H groups in total. The van der Waals surface area contributed by atoms with Crippen LogP contribution in [0.4, 0.5) is 0 Å². The van der Waals surface area contributed by atoms with Gasteiger partial charge in [-0.2, -0.15) is 0 Å². The van der Waals surface area contributed by atoms with E-state index >= 15 is 0 Å². The Morgan fingerprint density at radius 2 is 1.64 bits per heavy atom. The van der Waals surface area contributed by atoms with Crippen LogP contribution in [0.3, 0.4) is 0 Å². The fourth-order valence-corrected chi connectivity index (χ4v) is 3.66. The SMILES string of the molecule is CCc1ccccc1-c1c(C)cccc1OCC(O)CN=CCCOc1ccccc1OC. The van der Waals surface area contributed by atoms with E-state index in [4.69, 9.17) is 14.2 Å². The first-order valence-electron chi connectivity index (χ1n) is 11.4. The molecule has 0 aliphatic rings. The maximum Gasteiger partial charge on any atom is 0.161 e. The molecule has 0 heterocycles. The lowest BCUT2D eigenvalue weighted by molar-refractivity contribution is 0.115. The van der Waals surface area contributed by atoms with E-state index in [2.05, 4.69) is 43.1 Å². The Balaban J connectivity index is 1.50. The third-order valence-corrected chi connectivity index (χ3v) is 5.35. The predicted octanol–water partition coefficient (Wildman–Crippen LogP) is 5.51. The summed E-state index contributed by atoms with van der Waals surface area (Å²) in [7, 11) is 1.62. The zero-order valence-corrected chi connectivity index (χ0v) is 19.7. The lowest BCUT2D eigenvalue weighted by Crippen LogP contribution is -2.21. The van der Waals surface area contributed by atoms with E-state index < -0.39 is 6.10 Å². The van der Waals surface area contributed by atoms with Crippen LogP contribution >= 0.6 is 0 Å². The van der Waals surface area contributed by atoms with Gasteiger partial charge < -0.3 is 19.3 Å². The maximum absolute atomic E-state index is 10.4. The van der Waals surface area contributed by atoms with Crippen molar-refractivity contribution in [1.29, 1.82) is 0 Å². The van der Waals surface area contributed by atoms with Gasteiger partial charge in [-0.05, 0) is 48.2 Å². The molecule has 1 atom stereocenters. The molecule has 3 aromatic carbocycles. The highest BCUT2D eigenvalue weighted by atomic mass is 16.5. The molecule has 0 amide bonds. The Labute approximate surface area is 196 Å². The number of aryl methyl sites for hydroxylation is 2. The summed E-state index contributed by atoms with van der Waals surface area (Å²) in [5, 5.41) is 10.4. The van der Waals surface area contributed by atoms with E-state index in [0.717, 1.165) is 23.3 Å². The van der Waals surface area contributed by atoms with Gasteiger partial charge in [0.1, 0.15) is 18.5 Å². The second-order valence-corrected chi connectivity index (χ2v) is 7.76. The van der Waals surface area contributed by atoms with Crippen molar-refractivity contribution in [3.8, 4) is 28.4 Å². The van der Waals surface area contributed by atoms with Gasteiger partial charge in [-0.1, -0.05) is 55.5 Å². The molecule has 3 rings (SSSR count). The van der Waals surface area contributed by atoms with Gasteiger partial charge in [0.15, 0.2) is 11.5 Å². The summed E-state index contributed by atoms with van der Waals surface area (Å²) in [4.78, 5) is 4.32. The van der Waals surface area contributed by atoms with Crippen LogP contribution in [0.15, 0.2) is 71.7 Å². The van der Waals surface area contributed by atoms with E-state index in [0.29, 0.717) is 24.5 Å². The molecule has 33 heavy (non-hydrogen) atoms. The van der Waals surface area contributed by atoms with E-state index in [1.54, 1.807) is 13.3 Å². The third kappa shape index (κ3) is 6.83. The quantitative estimate of drug-likeness (QED) is 0.294. The van der Waals surface area contributed by atoms with Crippen molar-refractivity contribution in [3.05, 3.63) is 77.9 Å². The second-order valence-electron chi connectivity index (χ2n) is 7.76. The van der Waals surface area contributed by atoms with Crippen LogP contribution in [-0.4, -0.2) is 44.3 Å². The molecule has 0 bridgehead atoms. The zero-order chi connectivity index (χ0) is 23.5. The van der Waals surface area contributed by atoms with Crippen molar-refractivity contribution in [2.24, 2.45) is 4.99 Å². The van der Waals surface area contributed by atoms with Crippen LogP contribution in [0.1, 0.15) is 24.5 Å². The fourth-order valence-electron chi connectivity index (χ4n) is 3.66. The lowest BCUT2D eigenvalue weighted by atomic mass is 9.94. The Bertz CT molecular complexity index is 1050. The zero-order valence-electron chi connectivity index (χ0n) is 19.7. The number of benzene rings is 3. The summed E-state index contributed by atoms with van der Waals surface area (Å²) in [6.07, 6.45) is 2.67. The molecule has 0 radical (unpaired) electrons. The number of methoxy groups -OCH3 is 1. The van der Waals surface area contributed by atoms with Gasteiger partial charge in [0, 0.05) is 18.2 Å². The van der Waals surface area contributed by atoms with Gasteiger partial charge >= 0.3 is 0 Å². The highest BCUT2D eigenvalue weighted by molar-refractivity contribution is 5.76. The number of ether oxygens (including phenoxy) is 3. The summed E-state index contributed by atoms with van der Waals surface area (Å²) in [5.74, 6) is 2.20. The number of aliphatic hydroxyl groups excluding tert-OH is 1. The number of aliphatic imine (C=N–C) groups is 1. The van der Waals surface area contributed by atoms with Gasteiger partial charge in [0.2, 0.25) is 0 Å². The first-order valence-corrected chi connectivity index (χ1v) is 11.4. The van der Waals surface area contributed by atoms with Gasteiger partial charge in [-0.25, -0.2) is 0 Å². The molecule has 0 aromatic heterocycles. The van der Waals surface area contributed by atoms with Crippen LogP contribution < -0.4 is 14.2 Å². The van der Waals surface area contributed by atoms with E-state index in [1.165, 1.54) is 11.1 Å². The molecule has 3 aromatic rings. The molecular formula is C28H33NO4. The molecule has 0 spiro atoms.